The van der Waals surface area contributed by atoms with E-state index < -0.39 is 15.6 Å². The van der Waals surface area contributed by atoms with E-state index in [4.69, 9.17) is 33.3 Å². The summed E-state index contributed by atoms with van der Waals surface area (Å²) in [5.74, 6) is 0. The Bertz CT molecular complexity index is 134. The molecule has 0 saturated carbocycles. The number of aliphatic hydroxyl groups excluding tert-OH is 3. The molecule has 0 saturated heterocycles. The molecule has 0 atom stereocenters. The van der Waals surface area contributed by atoms with Crippen molar-refractivity contribution in [2.75, 3.05) is 47.8 Å². The fourth-order valence-corrected chi connectivity index (χ4v) is 1.31. The molecule has 126 valence electrons. The van der Waals surface area contributed by atoms with Crippen molar-refractivity contribution in [2.45, 2.75) is 32.8 Å². The lowest BCUT2D eigenvalue weighted by molar-refractivity contribution is 0.0450. The van der Waals surface area contributed by atoms with E-state index in [1.807, 2.05) is 0 Å². The molecule has 0 aliphatic carbocycles. The minimum Gasteiger partial charge on any atom is -0.394 e. The SMILES string of the molecule is CCCOCCC.CO[SiH](OC)OC.OCC(O)CO. The van der Waals surface area contributed by atoms with Gasteiger partial charge in [-0.1, -0.05) is 13.8 Å². The molecule has 8 heteroatoms. The first-order valence-electron chi connectivity index (χ1n) is 6.63. The maximum atomic E-state index is 8.17. The molecule has 0 aromatic rings. The van der Waals surface area contributed by atoms with Gasteiger partial charge in [0.2, 0.25) is 0 Å². The van der Waals surface area contributed by atoms with Crippen molar-refractivity contribution in [1.82, 2.24) is 0 Å². The highest BCUT2D eigenvalue weighted by Gasteiger charge is 2.04. The third-order valence-electron chi connectivity index (χ3n) is 1.70. The van der Waals surface area contributed by atoms with Crippen molar-refractivity contribution in [3.05, 3.63) is 0 Å². The summed E-state index contributed by atoms with van der Waals surface area (Å²) in [4.78, 5) is 0. The maximum Gasteiger partial charge on any atom is 0.483 e. The minimum absolute atomic E-state index is 0.365. The van der Waals surface area contributed by atoms with Gasteiger partial charge in [-0.25, -0.2) is 0 Å². The Kier molecular flexibility index (Phi) is 29.9. The Morgan fingerprint density at radius 1 is 0.850 bits per heavy atom. The molecule has 0 bridgehead atoms. The molecule has 0 aliphatic rings. The smallest absolute Gasteiger partial charge is 0.394 e. The van der Waals surface area contributed by atoms with Gasteiger partial charge in [0, 0.05) is 34.5 Å². The molecule has 0 rings (SSSR count). The molecule has 0 aliphatic heterocycles. The monoisotopic (exact) mass is 316 g/mol. The van der Waals surface area contributed by atoms with Crippen LogP contribution in [0.3, 0.4) is 0 Å². The highest BCUT2D eigenvalue weighted by molar-refractivity contribution is 6.36. The third-order valence-corrected chi connectivity index (χ3v) is 2.85. The van der Waals surface area contributed by atoms with Gasteiger partial charge in [0.1, 0.15) is 6.10 Å². The fourth-order valence-electron chi connectivity index (χ4n) is 0.737. The van der Waals surface area contributed by atoms with Gasteiger partial charge in [0.25, 0.3) is 0 Å². The van der Waals surface area contributed by atoms with Crippen LogP contribution < -0.4 is 0 Å². The molecular weight excluding hydrogens is 284 g/mol. The second-order valence-electron chi connectivity index (χ2n) is 3.63. The van der Waals surface area contributed by atoms with Crippen LogP contribution in [0, 0.1) is 0 Å². The highest BCUT2D eigenvalue weighted by atomic mass is 28.3. The van der Waals surface area contributed by atoms with Crippen LogP contribution in [0.4, 0.5) is 0 Å². The number of hydrogen-bond acceptors (Lipinski definition) is 7. The van der Waals surface area contributed by atoms with Gasteiger partial charge in [-0.15, -0.1) is 0 Å². The van der Waals surface area contributed by atoms with E-state index in [0.717, 1.165) is 26.1 Å². The van der Waals surface area contributed by atoms with Crippen LogP contribution in [0.15, 0.2) is 0 Å². The lowest BCUT2D eigenvalue weighted by atomic mass is 10.4. The molecule has 0 amide bonds. The number of hydrogen-bond donors (Lipinski definition) is 3. The lowest BCUT2D eigenvalue weighted by Crippen LogP contribution is -2.21. The topological polar surface area (TPSA) is 97.6 Å². The number of rotatable bonds is 9. The van der Waals surface area contributed by atoms with E-state index in [2.05, 4.69) is 13.8 Å². The molecule has 0 heterocycles. The molecule has 0 radical (unpaired) electrons. The van der Waals surface area contributed by atoms with Crippen molar-refractivity contribution in [3.63, 3.8) is 0 Å². The van der Waals surface area contributed by atoms with E-state index in [1.54, 1.807) is 21.3 Å². The Labute approximate surface area is 124 Å². The van der Waals surface area contributed by atoms with E-state index >= 15 is 0 Å². The van der Waals surface area contributed by atoms with E-state index in [0.29, 0.717) is 0 Å². The summed E-state index contributed by atoms with van der Waals surface area (Å²) in [5.41, 5.74) is 0. The Balaban J connectivity index is -0.000000218. The highest BCUT2D eigenvalue weighted by Crippen LogP contribution is 1.82. The van der Waals surface area contributed by atoms with Crippen molar-refractivity contribution >= 4 is 9.53 Å². The molecule has 0 spiro atoms. The minimum atomic E-state index is -1.67. The Hall–Kier alpha value is -0.0631. The first-order chi connectivity index (χ1) is 9.57. The largest absolute Gasteiger partial charge is 0.483 e. The van der Waals surface area contributed by atoms with Crippen molar-refractivity contribution in [2.24, 2.45) is 0 Å². The summed E-state index contributed by atoms with van der Waals surface area (Å²) in [6.07, 6.45) is 1.32. The van der Waals surface area contributed by atoms with Crippen LogP contribution in [0.2, 0.25) is 0 Å². The summed E-state index contributed by atoms with van der Waals surface area (Å²) in [5, 5.41) is 24.0. The van der Waals surface area contributed by atoms with Crippen LogP contribution in [0.1, 0.15) is 26.7 Å². The molecule has 0 aromatic heterocycles. The van der Waals surface area contributed by atoms with E-state index in [-0.39, 0.29) is 13.2 Å². The molecule has 20 heavy (non-hydrogen) atoms. The lowest BCUT2D eigenvalue weighted by Gasteiger charge is -2.05. The molecule has 0 aromatic carbocycles. The van der Waals surface area contributed by atoms with Crippen LogP contribution in [-0.2, 0) is 18.0 Å². The van der Waals surface area contributed by atoms with Crippen LogP contribution in [-0.4, -0.2) is 78.7 Å². The van der Waals surface area contributed by atoms with Crippen LogP contribution in [0.5, 0.6) is 0 Å². The summed E-state index contributed by atoms with van der Waals surface area (Å²) in [7, 11) is 3.05. The van der Waals surface area contributed by atoms with Gasteiger partial charge < -0.3 is 33.3 Å². The second kappa shape index (κ2) is 24.0. The molecule has 7 nitrogen and oxygen atoms in total. The number of ether oxygens (including phenoxy) is 1. The maximum absolute atomic E-state index is 8.17. The number of aliphatic hydroxyl groups is 3. The summed E-state index contributed by atoms with van der Waals surface area (Å²) in [6.45, 7) is 5.36. The molecule has 0 unspecified atom stereocenters. The van der Waals surface area contributed by atoms with Crippen molar-refractivity contribution in [1.29, 1.82) is 0 Å². The quantitative estimate of drug-likeness (QED) is 0.400. The second-order valence-corrected chi connectivity index (χ2v) is 5.62. The standard InChI is InChI=1S/C6H14O.C3H10O3Si.C3H8O3/c1-3-5-7-6-4-2;1-4-7(5-2)6-3;4-1-3(6)2-5/h3-6H2,1-2H3;7H,1-3H3;3-6H,1-2H2. The first-order valence-corrected chi connectivity index (χ1v) is 8.04. The van der Waals surface area contributed by atoms with Gasteiger partial charge in [-0.05, 0) is 12.8 Å². The predicted octanol–water partition coefficient (Wildman–Crippen LogP) is -0.202. The normalized spacial score (nSPS) is 9.90. The zero-order chi connectivity index (χ0) is 16.2. The average Bonchev–Trinajstić information content (AvgIpc) is 2.50. The fraction of sp³-hybridized carbons (Fsp3) is 1.00. The van der Waals surface area contributed by atoms with Crippen molar-refractivity contribution in [3.8, 4) is 0 Å². The molecule has 0 fully saturated rings. The van der Waals surface area contributed by atoms with Crippen molar-refractivity contribution < 1.29 is 33.3 Å². The zero-order valence-electron chi connectivity index (χ0n) is 13.4. The van der Waals surface area contributed by atoms with Gasteiger partial charge in [-0.3, -0.25) is 0 Å². The summed E-state index contributed by atoms with van der Waals surface area (Å²) in [6, 6.07) is 0. The van der Waals surface area contributed by atoms with E-state index in [1.165, 1.54) is 0 Å². The zero-order valence-corrected chi connectivity index (χ0v) is 14.5. The predicted molar refractivity (Wildman–Crippen MR) is 79.8 cm³/mol. The van der Waals surface area contributed by atoms with Crippen LogP contribution >= 0.6 is 0 Å². The van der Waals surface area contributed by atoms with Gasteiger partial charge >= 0.3 is 9.53 Å². The summed E-state index contributed by atoms with van der Waals surface area (Å²) >= 11 is 0. The van der Waals surface area contributed by atoms with Crippen LogP contribution in [0.25, 0.3) is 0 Å². The summed E-state index contributed by atoms with van der Waals surface area (Å²) < 4.78 is 19.4. The van der Waals surface area contributed by atoms with E-state index in [9.17, 15) is 0 Å². The average molecular weight is 316 g/mol. The van der Waals surface area contributed by atoms with Gasteiger partial charge in [0.05, 0.1) is 13.2 Å². The third kappa shape index (κ3) is 26.5. The Morgan fingerprint density at radius 3 is 1.30 bits per heavy atom. The Morgan fingerprint density at radius 2 is 1.20 bits per heavy atom. The van der Waals surface area contributed by atoms with Gasteiger partial charge in [-0.2, -0.15) is 0 Å². The first kappa shape index (κ1) is 24.9. The molecule has 3 N–H and O–H groups in total. The van der Waals surface area contributed by atoms with Gasteiger partial charge in [0.15, 0.2) is 0 Å². The molecular formula is C12H32O7Si.